The maximum absolute atomic E-state index is 12.7. The Kier molecular flexibility index (Phi) is 41.6. The van der Waals surface area contributed by atoms with E-state index in [-0.39, 0.29) is 25.6 Å². The molecule has 1 N–H and O–H groups in total. The van der Waals surface area contributed by atoms with Crippen LogP contribution in [0.1, 0.15) is 251 Å². The zero-order valence-electron chi connectivity index (χ0n) is 39.8. The van der Waals surface area contributed by atoms with Gasteiger partial charge in [-0.25, -0.2) is 4.57 Å². The molecule has 0 saturated carbocycles. The fraction of sp³-hybridized carbons (Fsp3) is 0.959. The molecule has 0 amide bonds. The smallest absolute Gasteiger partial charge is 0.462 e. The molecule has 0 saturated heterocycles. The van der Waals surface area contributed by atoms with Crippen molar-refractivity contribution >= 4 is 19.8 Å². The summed E-state index contributed by atoms with van der Waals surface area (Å²) in [6.45, 7) is 4.42. The van der Waals surface area contributed by atoms with Crippen molar-refractivity contribution in [3.8, 4) is 0 Å². The zero-order valence-corrected chi connectivity index (χ0v) is 40.7. The fourth-order valence-electron chi connectivity index (χ4n) is 7.43. The van der Waals surface area contributed by atoms with E-state index in [9.17, 15) is 19.0 Å². The highest BCUT2D eigenvalue weighted by Gasteiger charge is 2.27. The van der Waals surface area contributed by atoms with Crippen molar-refractivity contribution in [1.82, 2.24) is 0 Å². The number of likely N-dealkylation sites (N-methyl/N-ethyl adjacent to an activating group) is 1. The first kappa shape index (κ1) is 58.0. The van der Waals surface area contributed by atoms with Crippen LogP contribution in [0, 0.1) is 0 Å². The molecule has 0 bridgehead atoms. The van der Waals surface area contributed by atoms with Crippen LogP contribution in [-0.4, -0.2) is 74.9 Å². The molecule has 0 aromatic rings. The van der Waals surface area contributed by atoms with Crippen LogP contribution >= 0.6 is 7.82 Å². The molecule has 10 heteroatoms. The molecule has 0 aromatic carbocycles. The Bertz CT molecular complexity index is 974. The van der Waals surface area contributed by atoms with Crippen molar-refractivity contribution in [2.75, 3.05) is 47.5 Å². The number of unbranched alkanes of at least 4 members (excludes halogenated alkanes) is 33. The summed E-state index contributed by atoms with van der Waals surface area (Å²) in [7, 11) is 1.49. The topological polar surface area (TPSA) is 108 Å². The highest BCUT2D eigenvalue weighted by atomic mass is 31.2. The first-order valence-electron chi connectivity index (χ1n) is 25.3. The van der Waals surface area contributed by atoms with Gasteiger partial charge in [0.15, 0.2) is 6.10 Å². The Morgan fingerprint density at radius 1 is 0.458 bits per heavy atom. The molecule has 0 aliphatic heterocycles. The van der Waals surface area contributed by atoms with E-state index in [1.54, 1.807) is 0 Å². The Hall–Kier alpha value is -0.990. The van der Waals surface area contributed by atoms with E-state index in [1.807, 2.05) is 21.1 Å². The predicted octanol–water partition coefficient (Wildman–Crippen LogP) is 14.8. The SMILES string of the molecule is CCCCCCCCCCCCCCCCCCCCCCCCCCCCCCC(=O)OC(COC(=O)CCCCCCCCC)COP(=O)(O)OCC[N+](C)(C)C. The van der Waals surface area contributed by atoms with Crippen molar-refractivity contribution < 1.29 is 42.1 Å². The van der Waals surface area contributed by atoms with Crippen molar-refractivity contribution in [3.63, 3.8) is 0 Å². The second-order valence-corrected chi connectivity index (χ2v) is 20.0. The first-order chi connectivity index (χ1) is 28.5. The third-order valence-corrected chi connectivity index (χ3v) is 12.4. The lowest BCUT2D eigenvalue weighted by atomic mass is 10.0. The van der Waals surface area contributed by atoms with Gasteiger partial charge in [0, 0.05) is 12.8 Å². The first-order valence-corrected chi connectivity index (χ1v) is 26.8. The number of rotatable bonds is 47. The third-order valence-electron chi connectivity index (χ3n) is 11.4. The van der Waals surface area contributed by atoms with Gasteiger partial charge in [0.1, 0.15) is 19.8 Å². The molecular weight excluding hydrogens is 762 g/mol. The number of hydrogen-bond acceptors (Lipinski definition) is 7. The van der Waals surface area contributed by atoms with E-state index < -0.39 is 26.5 Å². The normalized spacial score (nSPS) is 13.4. The van der Waals surface area contributed by atoms with E-state index in [4.69, 9.17) is 18.5 Å². The number of nitrogens with zero attached hydrogens (tertiary/aromatic N) is 1. The average molecular weight is 861 g/mol. The van der Waals surface area contributed by atoms with E-state index in [2.05, 4.69) is 13.8 Å². The second kappa shape index (κ2) is 42.3. The summed E-state index contributed by atoms with van der Waals surface area (Å²) >= 11 is 0. The van der Waals surface area contributed by atoms with Crippen LogP contribution in [0.4, 0.5) is 0 Å². The minimum atomic E-state index is -4.36. The van der Waals surface area contributed by atoms with Crippen molar-refractivity contribution in [3.05, 3.63) is 0 Å². The quantitative estimate of drug-likeness (QED) is 0.0279. The molecule has 0 heterocycles. The summed E-state index contributed by atoms with van der Waals surface area (Å²) in [6, 6.07) is 0. The van der Waals surface area contributed by atoms with Crippen LogP contribution in [0.2, 0.25) is 0 Å². The summed E-state index contributed by atoms with van der Waals surface area (Å²) in [5.74, 6) is -0.790. The average Bonchev–Trinajstić information content (AvgIpc) is 3.19. The van der Waals surface area contributed by atoms with E-state index in [0.717, 1.165) is 38.5 Å². The van der Waals surface area contributed by atoms with Crippen LogP contribution in [0.3, 0.4) is 0 Å². The van der Waals surface area contributed by atoms with Gasteiger partial charge < -0.3 is 18.9 Å². The largest absolute Gasteiger partial charge is 0.472 e. The fourth-order valence-corrected chi connectivity index (χ4v) is 8.17. The summed E-state index contributed by atoms with van der Waals surface area (Å²) in [5, 5.41) is 0. The van der Waals surface area contributed by atoms with Crippen molar-refractivity contribution in [2.45, 2.75) is 258 Å². The molecule has 59 heavy (non-hydrogen) atoms. The Morgan fingerprint density at radius 2 is 0.763 bits per heavy atom. The van der Waals surface area contributed by atoms with Gasteiger partial charge in [-0.15, -0.1) is 0 Å². The number of phosphoric acid groups is 1. The van der Waals surface area contributed by atoms with E-state index in [0.29, 0.717) is 17.4 Å². The van der Waals surface area contributed by atoms with Crippen LogP contribution in [0.25, 0.3) is 0 Å². The predicted molar refractivity (Wildman–Crippen MR) is 248 cm³/mol. The molecule has 9 nitrogen and oxygen atoms in total. The van der Waals surface area contributed by atoms with Gasteiger partial charge in [0.05, 0.1) is 27.7 Å². The minimum Gasteiger partial charge on any atom is -0.462 e. The van der Waals surface area contributed by atoms with Gasteiger partial charge >= 0.3 is 19.8 Å². The maximum atomic E-state index is 12.7. The van der Waals surface area contributed by atoms with Gasteiger partial charge in [-0.1, -0.05) is 226 Å². The summed E-state index contributed by atoms with van der Waals surface area (Å²) in [6.07, 6.45) is 44.9. The Labute approximate surface area is 365 Å². The molecule has 0 radical (unpaired) electrons. The minimum absolute atomic E-state index is 0.0365. The van der Waals surface area contributed by atoms with E-state index in [1.165, 1.54) is 186 Å². The molecule has 0 rings (SSSR count). The van der Waals surface area contributed by atoms with Crippen LogP contribution < -0.4 is 0 Å². The summed E-state index contributed by atoms with van der Waals surface area (Å²) in [4.78, 5) is 35.2. The molecular formula is C49H99NO8P+. The van der Waals surface area contributed by atoms with Crippen molar-refractivity contribution in [1.29, 1.82) is 0 Å². The molecule has 0 fully saturated rings. The van der Waals surface area contributed by atoms with Gasteiger partial charge in [-0.3, -0.25) is 18.6 Å². The van der Waals surface area contributed by atoms with Gasteiger partial charge in [0.25, 0.3) is 0 Å². The highest BCUT2D eigenvalue weighted by Crippen LogP contribution is 2.43. The molecule has 0 aromatic heterocycles. The van der Waals surface area contributed by atoms with Crippen LogP contribution in [0.15, 0.2) is 0 Å². The Morgan fingerprint density at radius 3 is 1.08 bits per heavy atom. The lowest BCUT2D eigenvalue weighted by Crippen LogP contribution is -2.37. The number of hydrogen-bond donors (Lipinski definition) is 1. The molecule has 2 atom stereocenters. The molecule has 0 spiro atoms. The van der Waals surface area contributed by atoms with Crippen LogP contribution in [-0.2, 0) is 32.7 Å². The number of carbonyl (C=O) groups excluding carboxylic acids is 2. The summed E-state index contributed by atoms with van der Waals surface area (Å²) in [5.41, 5.74) is 0. The van der Waals surface area contributed by atoms with Crippen LogP contribution in [0.5, 0.6) is 0 Å². The van der Waals surface area contributed by atoms with Gasteiger partial charge in [-0.2, -0.15) is 0 Å². The molecule has 0 aliphatic rings. The lowest BCUT2D eigenvalue weighted by Gasteiger charge is -2.24. The van der Waals surface area contributed by atoms with Gasteiger partial charge in [-0.05, 0) is 12.8 Å². The van der Waals surface area contributed by atoms with Gasteiger partial charge in [0.2, 0.25) is 0 Å². The second-order valence-electron chi connectivity index (χ2n) is 18.6. The monoisotopic (exact) mass is 861 g/mol. The summed E-state index contributed by atoms with van der Waals surface area (Å²) < 4.78 is 34.2. The molecule has 0 aliphatic carbocycles. The standard InChI is InChI=1S/C49H98NO8P/c1-6-8-10-12-14-15-16-17-18-19-20-21-22-23-24-25-26-27-28-29-30-31-32-33-34-36-38-40-42-49(52)58-47(46-57-59(53,54)56-44-43-50(3,4)5)45-55-48(51)41-39-37-35-13-11-9-7-2/h47H,6-46H2,1-5H3/p+1. The number of ether oxygens (including phenoxy) is 2. The number of esters is 2. The highest BCUT2D eigenvalue weighted by molar-refractivity contribution is 7.47. The molecule has 352 valence electrons. The number of quaternary nitrogens is 1. The number of phosphoric ester groups is 1. The molecule has 2 unspecified atom stereocenters. The number of carbonyl (C=O) groups is 2. The maximum Gasteiger partial charge on any atom is 0.472 e. The Balaban J connectivity index is 3.94. The third kappa shape index (κ3) is 46.3. The lowest BCUT2D eigenvalue weighted by molar-refractivity contribution is -0.870. The van der Waals surface area contributed by atoms with Crippen molar-refractivity contribution in [2.24, 2.45) is 0 Å². The van der Waals surface area contributed by atoms with E-state index >= 15 is 0 Å². The zero-order chi connectivity index (χ0) is 43.6.